The van der Waals surface area contributed by atoms with Gasteiger partial charge in [0, 0.05) is 19.3 Å². The summed E-state index contributed by atoms with van der Waals surface area (Å²) in [6, 6.07) is -0.731. The summed E-state index contributed by atoms with van der Waals surface area (Å²) in [5, 5.41) is 11.6. The van der Waals surface area contributed by atoms with E-state index in [2.05, 4.69) is 74.6 Å². The summed E-state index contributed by atoms with van der Waals surface area (Å²) < 4.78 is 17.1. The highest BCUT2D eigenvalue weighted by Gasteiger charge is 2.25. The molecule has 2 atom stereocenters. The fourth-order valence-electron chi connectivity index (χ4n) is 6.21. The molecule has 0 amide bonds. The van der Waals surface area contributed by atoms with Gasteiger partial charge in [-0.3, -0.25) is 9.59 Å². The zero-order valence-electron chi connectivity index (χ0n) is 36.5. The normalized spacial score (nSPS) is 13.5. The van der Waals surface area contributed by atoms with E-state index in [9.17, 15) is 19.5 Å². The standard InChI is InChI=1S/C48H83NO7/c1-6-8-10-12-14-16-18-20-21-22-23-24-25-26-27-29-31-33-35-37-39-47(51)56-44(42-54-41-40-45(48(52)53)49(3,4)5)43-55-46(50)38-36-34-32-30-28-19-17-15-13-11-9-7-2/h8,10,14,16,20-21,23-24,26-27,44-45H,6-7,9,11-13,15,17-19,22,25,28-43H2,1-5H3/b10-8+,16-14+,21-20+,24-23+,27-26+. The number of carbonyl (C=O) groups is 3. The van der Waals surface area contributed by atoms with Crippen LogP contribution in [-0.4, -0.2) is 75.5 Å². The number of ether oxygens (including phenoxy) is 3. The summed E-state index contributed by atoms with van der Waals surface area (Å²) in [5.74, 6) is -1.77. The van der Waals surface area contributed by atoms with Gasteiger partial charge in [-0.05, 0) is 57.8 Å². The molecule has 0 spiro atoms. The van der Waals surface area contributed by atoms with E-state index < -0.39 is 18.1 Å². The molecule has 0 rings (SSSR count). The highest BCUT2D eigenvalue weighted by Crippen LogP contribution is 2.14. The van der Waals surface area contributed by atoms with E-state index in [1.807, 2.05) is 0 Å². The number of aliphatic carboxylic acids is 1. The molecule has 0 aliphatic carbocycles. The zero-order valence-corrected chi connectivity index (χ0v) is 36.5. The summed E-state index contributed by atoms with van der Waals surface area (Å²) >= 11 is 0. The summed E-state index contributed by atoms with van der Waals surface area (Å²) in [6.07, 6.45) is 46.7. The van der Waals surface area contributed by atoms with Crippen molar-refractivity contribution in [1.82, 2.24) is 0 Å². The number of esters is 2. The van der Waals surface area contributed by atoms with Crippen LogP contribution in [-0.2, 0) is 28.6 Å². The van der Waals surface area contributed by atoms with Gasteiger partial charge in [-0.25, -0.2) is 0 Å². The third-order valence-corrected chi connectivity index (χ3v) is 9.67. The lowest BCUT2D eigenvalue weighted by atomic mass is 10.0. The highest BCUT2D eigenvalue weighted by molar-refractivity contribution is 5.70. The minimum atomic E-state index is -1.13. The van der Waals surface area contributed by atoms with Crippen LogP contribution in [0, 0.1) is 0 Å². The van der Waals surface area contributed by atoms with Crippen molar-refractivity contribution in [2.24, 2.45) is 0 Å². The summed E-state index contributed by atoms with van der Waals surface area (Å²) in [6.45, 7) is 4.51. The van der Waals surface area contributed by atoms with E-state index in [4.69, 9.17) is 14.2 Å². The van der Waals surface area contributed by atoms with Crippen LogP contribution in [0.1, 0.15) is 174 Å². The molecule has 0 heterocycles. The number of quaternary nitrogens is 1. The number of rotatable bonds is 39. The van der Waals surface area contributed by atoms with Crippen LogP contribution >= 0.6 is 0 Å². The molecule has 56 heavy (non-hydrogen) atoms. The molecule has 8 heteroatoms. The zero-order chi connectivity index (χ0) is 41.4. The summed E-state index contributed by atoms with van der Waals surface area (Å²) in [5.41, 5.74) is 0. The monoisotopic (exact) mass is 786 g/mol. The number of likely N-dealkylation sites (N-methyl/N-ethyl adjacent to an activating group) is 1. The summed E-state index contributed by atoms with van der Waals surface area (Å²) in [7, 11) is 5.39. The number of hydrogen-bond acceptors (Lipinski definition) is 7. The van der Waals surface area contributed by atoms with E-state index >= 15 is 0 Å². The number of carboxylic acids is 1. The van der Waals surface area contributed by atoms with Gasteiger partial charge < -0.3 is 28.6 Å². The second kappa shape index (κ2) is 38.9. The maximum Gasteiger partial charge on any atom is 0.306 e. The smallest absolute Gasteiger partial charge is 0.306 e. The molecule has 0 aromatic rings. The Morgan fingerprint density at radius 1 is 0.554 bits per heavy atom. The number of hydrogen-bond donors (Lipinski definition) is 0. The van der Waals surface area contributed by atoms with E-state index in [0.717, 1.165) is 83.5 Å². The fourth-order valence-corrected chi connectivity index (χ4v) is 6.21. The lowest BCUT2D eigenvalue weighted by Gasteiger charge is -2.34. The average Bonchev–Trinajstić information content (AvgIpc) is 3.15. The molecule has 0 aromatic heterocycles. The second-order valence-electron chi connectivity index (χ2n) is 15.9. The third-order valence-electron chi connectivity index (χ3n) is 9.67. The lowest BCUT2D eigenvalue weighted by molar-refractivity contribution is -0.889. The third kappa shape index (κ3) is 36.7. The van der Waals surface area contributed by atoms with E-state index in [1.165, 1.54) is 57.8 Å². The first kappa shape index (κ1) is 53.0. The first-order chi connectivity index (χ1) is 27.1. The Hall–Kier alpha value is -2.97. The van der Waals surface area contributed by atoms with Gasteiger partial charge in [-0.1, -0.05) is 158 Å². The average molecular weight is 786 g/mol. The Bertz CT molecular complexity index is 1100. The minimum absolute atomic E-state index is 0.0295. The van der Waals surface area contributed by atoms with Gasteiger partial charge in [0.05, 0.1) is 40.3 Å². The number of carbonyl (C=O) groups excluding carboxylic acids is 3. The van der Waals surface area contributed by atoms with Crippen molar-refractivity contribution >= 4 is 17.9 Å². The Kier molecular flexibility index (Phi) is 36.8. The number of nitrogens with zero attached hydrogens (tertiary/aromatic N) is 1. The predicted octanol–water partition coefficient (Wildman–Crippen LogP) is 10.9. The van der Waals surface area contributed by atoms with Crippen molar-refractivity contribution in [3.05, 3.63) is 60.8 Å². The summed E-state index contributed by atoms with van der Waals surface area (Å²) in [4.78, 5) is 36.8. The highest BCUT2D eigenvalue weighted by atomic mass is 16.6. The van der Waals surface area contributed by atoms with Crippen molar-refractivity contribution in [3.63, 3.8) is 0 Å². The van der Waals surface area contributed by atoms with Gasteiger partial charge in [0.1, 0.15) is 12.6 Å². The molecule has 0 fully saturated rings. The maximum absolute atomic E-state index is 12.7. The fraction of sp³-hybridized carbons (Fsp3) is 0.729. The van der Waals surface area contributed by atoms with Crippen molar-refractivity contribution in [2.75, 3.05) is 41.0 Å². The molecule has 322 valence electrons. The van der Waals surface area contributed by atoms with Crippen LogP contribution in [0.3, 0.4) is 0 Å². The van der Waals surface area contributed by atoms with Gasteiger partial charge in [0.25, 0.3) is 0 Å². The van der Waals surface area contributed by atoms with Crippen molar-refractivity contribution in [1.29, 1.82) is 0 Å². The first-order valence-electron chi connectivity index (χ1n) is 22.3. The molecule has 0 aliphatic heterocycles. The molecule has 0 saturated carbocycles. The van der Waals surface area contributed by atoms with Gasteiger partial charge in [0.15, 0.2) is 6.10 Å². The van der Waals surface area contributed by atoms with Crippen LogP contribution in [0.25, 0.3) is 0 Å². The van der Waals surface area contributed by atoms with Crippen molar-refractivity contribution in [3.8, 4) is 0 Å². The lowest BCUT2D eigenvalue weighted by Crippen LogP contribution is -2.55. The van der Waals surface area contributed by atoms with E-state index in [1.54, 1.807) is 21.1 Å². The molecule has 0 aromatic carbocycles. The molecule has 8 nitrogen and oxygen atoms in total. The molecule has 0 radical (unpaired) electrons. The Morgan fingerprint density at radius 3 is 1.48 bits per heavy atom. The Balaban J connectivity index is 4.39. The van der Waals surface area contributed by atoms with Crippen LogP contribution in [0.2, 0.25) is 0 Å². The van der Waals surface area contributed by atoms with Gasteiger partial charge in [0.2, 0.25) is 0 Å². The van der Waals surface area contributed by atoms with E-state index in [0.29, 0.717) is 12.8 Å². The Morgan fingerprint density at radius 2 is 1.00 bits per heavy atom. The molecule has 0 aliphatic rings. The van der Waals surface area contributed by atoms with Crippen LogP contribution in [0.15, 0.2) is 60.8 Å². The van der Waals surface area contributed by atoms with Crippen LogP contribution < -0.4 is 5.11 Å². The molecule has 0 saturated heterocycles. The molecule has 2 unspecified atom stereocenters. The SMILES string of the molecule is CC/C=C/C/C=C/C/C=C/C/C=C/C/C=C/CCCCCCC(=O)OC(COCCC(C(=O)[O-])[N+](C)(C)C)COC(=O)CCCCCCCCCCCCCC. The van der Waals surface area contributed by atoms with Crippen LogP contribution in [0.5, 0.6) is 0 Å². The molecular weight excluding hydrogens is 703 g/mol. The number of unbranched alkanes of at least 4 members (excludes halogenated alkanes) is 15. The van der Waals surface area contributed by atoms with Crippen molar-refractivity contribution < 1.29 is 38.2 Å². The van der Waals surface area contributed by atoms with Crippen molar-refractivity contribution in [2.45, 2.75) is 187 Å². The largest absolute Gasteiger partial charge is 0.544 e. The van der Waals surface area contributed by atoms with Gasteiger partial charge in [-0.15, -0.1) is 0 Å². The van der Waals surface area contributed by atoms with E-state index in [-0.39, 0.29) is 42.7 Å². The predicted molar refractivity (Wildman–Crippen MR) is 231 cm³/mol. The first-order valence-corrected chi connectivity index (χ1v) is 22.3. The Labute approximate surface area is 343 Å². The molecule has 0 bridgehead atoms. The minimum Gasteiger partial charge on any atom is -0.544 e. The maximum atomic E-state index is 12.7. The quantitative estimate of drug-likeness (QED) is 0.0265. The van der Waals surface area contributed by atoms with Crippen LogP contribution in [0.4, 0.5) is 0 Å². The second-order valence-corrected chi connectivity index (χ2v) is 15.9. The molecular formula is C48H83NO7. The number of carboxylic acid groups (broad SMARTS) is 1. The molecule has 0 N–H and O–H groups in total. The van der Waals surface area contributed by atoms with Gasteiger partial charge >= 0.3 is 11.9 Å². The topological polar surface area (TPSA) is 102 Å². The van der Waals surface area contributed by atoms with Gasteiger partial charge in [-0.2, -0.15) is 0 Å². The number of allylic oxidation sites excluding steroid dienone is 10.